The number of hydrogen-bond acceptors (Lipinski definition) is 9. The van der Waals surface area contributed by atoms with Gasteiger partial charge in [0.25, 0.3) is 5.91 Å². The molecule has 13 heteroatoms. The molecule has 0 saturated carbocycles. The van der Waals surface area contributed by atoms with Crippen LogP contribution in [0, 0.1) is 5.92 Å². The Balaban J connectivity index is 1.86. The van der Waals surface area contributed by atoms with E-state index in [0.717, 1.165) is 24.2 Å². The number of benzene rings is 1. The quantitative estimate of drug-likeness (QED) is 0.455. The van der Waals surface area contributed by atoms with E-state index in [2.05, 4.69) is 4.99 Å². The van der Waals surface area contributed by atoms with Gasteiger partial charge in [0.1, 0.15) is 18.1 Å². The number of nitrogens with zero attached hydrogens (tertiary/aromatic N) is 3. The van der Waals surface area contributed by atoms with Crippen molar-refractivity contribution in [2.45, 2.75) is 33.2 Å². The average Bonchev–Trinajstić information content (AvgIpc) is 3.14. The van der Waals surface area contributed by atoms with E-state index < -0.39 is 45.1 Å². The van der Waals surface area contributed by atoms with Crippen LogP contribution in [0.5, 0.6) is 0 Å². The van der Waals surface area contributed by atoms with Crippen molar-refractivity contribution >= 4 is 55.1 Å². The van der Waals surface area contributed by atoms with Crippen LogP contribution in [0.3, 0.4) is 0 Å². The molecule has 2 amide bonds. The van der Waals surface area contributed by atoms with Crippen molar-refractivity contribution in [1.29, 1.82) is 0 Å². The second-order valence-corrected chi connectivity index (χ2v) is 11.6. The van der Waals surface area contributed by atoms with Crippen molar-refractivity contribution in [3.63, 3.8) is 0 Å². The Labute approximate surface area is 212 Å². The first-order valence-electron chi connectivity index (χ1n) is 11.5. The molecule has 1 unspecified atom stereocenters. The van der Waals surface area contributed by atoms with E-state index in [1.165, 1.54) is 22.6 Å². The zero-order valence-corrected chi connectivity index (χ0v) is 22.0. The summed E-state index contributed by atoms with van der Waals surface area (Å²) >= 11 is 1.01. The fourth-order valence-corrected chi connectivity index (χ4v) is 6.11. The van der Waals surface area contributed by atoms with Crippen molar-refractivity contribution in [1.82, 2.24) is 9.47 Å². The van der Waals surface area contributed by atoms with E-state index in [4.69, 9.17) is 9.47 Å². The van der Waals surface area contributed by atoms with E-state index in [1.807, 2.05) is 6.92 Å². The highest BCUT2D eigenvalue weighted by Gasteiger charge is 2.27. The van der Waals surface area contributed by atoms with Crippen molar-refractivity contribution in [2.75, 3.05) is 38.3 Å². The molecule has 1 aliphatic rings. The van der Waals surface area contributed by atoms with Gasteiger partial charge in [0.05, 0.1) is 29.5 Å². The van der Waals surface area contributed by atoms with E-state index in [9.17, 15) is 27.6 Å². The maximum atomic E-state index is 12.6. The largest absolute Gasteiger partial charge is 0.468 e. The molecule has 2 heterocycles. The lowest BCUT2D eigenvalue weighted by Crippen LogP contribution is -2.42. The van der Waals surface area contributed by atoms with Gasteiger partial charge in [0.15, 0.2) is 14.6 Å². The first-order valence-corrected chi connectivity index (χ1v) is 14.1. The first kappa shape index (κ1) is 27.5. The molecule has 0 radical (unpaired) electrons. The van der Waals surface area contributed by atoms with Gasteiger partial charge >= 0.3 is 11.9 Å². The van der Waals surface area contributed by atoms with Crippen LogP contribution in [0.15, 0.2) is 23.2 Å². The van der Waals surface area contributed by atoms with Crippen molar-refractivity contribution < 1.29 is 37.1 Å². The number of piperidine rings is 1. The van der Waals surface area contributed by atoms with Gasteiger partial charge in [-0.2, -0.15) is 4.99 Å². The number of carbonyl (C=O) groups is 4. The van der Waals surface area contributed by atoms with Crippen LogP contribution in [0.1, 0.15) is 37.0 Å². The number of fused-ring (bicyclic) bond motifs is 1. The third-order valence-corrected chi connectivity index (χ3v) is 8.04. The Bertz CT molecular complexity index is 1340. The van der Waals surface area contributed by atoms with Crippen molar-refractivity contribution in [2.24, 2.45) is 10.9 Å². The highest BCUT2D eigenvalue weighted by molar-refractivity contribution is 7.92. The standard InChI is InChI=1S/C23H29N3O8S2/c1-4-34-22(30)16-7-8-17-18(10-16)35-23(26(17)12-21(29)33-3)24-19(27)13-36(31,32)14-20(28)25-9-5-6-15(2)11-25/h7-8,10,15H,4-6,9,11-14H2,1-3H3. The lowest BCUT2D eigenvalue weighted by molar-refractivity contribution is -0.141. The van der Waals surface area contributed by atoms with Crippen LogP contribution >= 0.6 is 11.3 Å². The molecule has 2 aromatic rings. The number of thiazole rings is 1. The number of likely N-dealkylation sites (tertiary alicyclic amines) is 1. The maximum absolute atomic E-state index is 12.6. The molecule has 36 heavy (non-hydrogen) atoms. The fraction of sp³-hybridized carbons (Fsp3) is 0.522. The molecule has 0 aliphatic carbocycles. The van der Waals surface area contributed by atoms with E-state index in [1.54, 1.807) is 19.1 Å². The van der Waals surface area contributed by atoms with Crippen LogP contribution in [0.2, 0.25) is 0 Å². The monoisotopic (exact) mass is 539 g/mol. The molecule has 1 aromatic heterocycles. The molecule has 1 aliphatic heterocycles. The number of esters is 2. The summed E-state index contributed by atoms with van der Waals surface area (Å²) in [6.45, 7) is 4.60. The molecule has 0 N–H and O–H groups in total. The van der Waals surface area contributed by atoms with Gasteiger partial charge < -0.3 is 18.9 Å². The van der Waals surface area contributed by atoms with Crippen LogP contribution in [-0.2, 0) is 40.2 Å². The minimum absolute atomic E-state index is 0.0628. The van der Waals surface area contributed by atoms with Gasteiger partial charge in [-0.3, -0.25) is 14.4 Å². The Hall–Kier alpha value is -3.06. The Morgan fingerprint density at radius 2 is 1.94 bits per heavy atom. The number of carbonyl (C=O) groups excluding carboxylic acids is 4. The summed E-state index contributed by atoms with van der Waals surface area (Å²) in [4.78, 5) is 54.6. The predicted octanol–water partition coefficient (Wildman–Crippen LogP) is 1.15. The van der Waals surface area contributed by atoms with E-state index >= 15 is 0 Å². The third-order valence-electron chi connectivity index (χ3n) is 5.63. The molecule has 0 bridgehead atoms. The van der Waals surface area contributed by atoms with Crippen LogP contribution in [-0.4, -0.2) is 79.9 Å². The summed E-state index contributed by atoms with van der Waals surface area (Å²) < 4.78 is 36.8. The molecule has 1 aromatic carbocycles. The molecule has 1 atom stereocenters. The second kappa shape index (κ2) is 11.8. The molecule has 196 valence electrons. The summed E-state index contributed by atoms with van der Waals surface area (Å²) in [5.41, 5.74) is 0.782. The molecule has 3 rings (SSSR count). The minimum atomic E-state index is -4.05. The molecule has 1 saturated heterocycles. The SMILES string of the molecule is CCOC(=O)c1ccc2c(c1)sc(=NC(=O)CS(=O)(=O)CC(=O)N1CCCC(C)C1)n2CC(=O)OC. The predicted molar refractivity (Wildman–Crippen MR) is 132 cm³/mol. The highest BCUT2D eigenvalue weighted by atomic mass is 32.2. The fourth-order valence-electron chi connectivity index (χ4n) is 3.92. The van der Waals surface area contributed by atoms with Gasteiger partial charge in [-0.05, 0) is 43.9 Å². The summed E-state index contributed by atoms with van der Waals surface area (Å²) in [7, 11) is -2.84. The van der Waals surface area contributed by atoms with Crippen LogP contribution < -0.4 is 4.80 Å². The first-order chi connectivity index (χ1) is 17.0. The minimum Gasteiger partial charge on any atom is -0.468 e. The number of aromatic nitrogens is 1. The van der Waals surface area contributed by atoms with Crippen LogP contribution in [0.4, 0.5) is 0 Å². The van der Waals surface area contributed by atoms with E-state index in [-0.39, 0.29) is 23.5 Å². The molecular formula is C23H29N3O8S2. The number of hydrogen-bond donors (Lipinski definition) is 0. The van der Waals surface area contributed by atoms with Gasteiger partial charge in [-0.25, -0.2) is 13.2 Å². The van der Waals surface area contributed by atoms with Gasteiger partial charge in [-0.1, -0.05) is 18.3 Å². The molecule has 1 fully saturated rings. The summed E-state index contributed by atoms with van der Waals surface area (Å²) in [6, 6.07) is 4.65. The normalized spacial score (nSPS) is 16.7. The Morgan fingerprint density at radius 3 is 2.61 bits per heavy atom. The van der Waals surface area contributed by atoms with Gasteiger partial charge in [-0.15, -0.1) is 0 Å². The summed E-state index contributed by atoms with van der Waals surface area (Å²) in [5.74, 6) is -4.03. The smallest absolute Gasteiger partial charge is 0.338 e. The van der Waals surface area contributed by atoms with Crippen molar-refractivity contribution in [3.05, 3.63) is 28.6 Å². The van der Waals surface area contributed by atoms with Gasteiger partial charge in [0, 0.05) is 13.1 Å². The topological polar surface area (TPSA) is 141 Å². The Morgan fingerprint density at radius 1 is 1.19 bits per heavy atom. The van der Waals surface area contributed by atoms with Crippen molar-refractivity contribution in [3.8, 4) is 0 Å². The number of sulfone groups is 1. The number of methoxy groups -OCH3 is 1. The zero-order valence-electron chi connectivity index (χ0n) is 20.4. The summed E-state index contributed by atoms with van der Waals surface area (Å²) in [6.07, 6.45) is 1.79. The lowest BCUT2D eigenvalue weighted by Gasteiger charge is -2.30. The van der Waals surface area contributed by atoms with Gasteiger partial charge in [0.2, 0.25) is 5.91 Å². The molecular weight excluding hydrogens is 510 g/mol. The highest BCUT2D eigenvalue weighted by Crippen LogP contribution is 2.20. The molecule has 0 spiro atoms. The van der Waals surface area contributed by atoms with Crippen LogP contribution in [0.25, 0.3) is 10.2 Å². The lowest BCUT2D eigenvalue weighted by atomic mass is 10.0. The summed E-state index contributed by atoms with van der Waals surface area (Å²) in [5, 5.41) is 0. The Kier molecular flexibility index (Phi) is 9.01. The number of rotatable bonds is 8. The average molecular weight is 540 g/mol. The molecule has 11 nitrogen and oxygen atoms in total. The second-order valence-electron chi connectivity index (χ2n) is 8.57. The zero-order chi connectivity index (χ0) is 26.5. The third kappa shape index (κ3) is 7.00. The maximum Gasteiger partial charge on any atom is 0.338 e. The number of ether oxygens (including phenoxy) is 2. The van der Waals surface area contributed by atoms with E-state index in [0.29, 0.717) is 29.2 Å². The number of amides is 2.